The molecule has 2 N–H and O–H groups in total. The highest BCUT2D eigenvalue weighted by Crippen LogP contribution is 2.41. The number of phenolic OH excluding ortho intramolecular Hbond substituents is 1. The monoisotopic (exact) mass is 410 g/mol. The van der Waals surface area contributed by atoms with Crippen LogP contribution in [0.1, 0.15) is 23.6 Å². The number of ether oxygens (including phenoxy) is 1. The van der Waals surface area contributed by atoms with Crippen LogP contribution in [0.25, 0.3) is 5.76 Å². The molecule has 158 valence electrons. The van der Waals surface area contributed by atoms with Gasteiger partial charge in [-0.1, -0.05) is 30.3 Å². The van der Waals surface area contributed by atoms with E-state index in [1.54, 1.807) is 6.07 Å². The number of carbonyl (C=O) groups excluding carboxylic acids is 2. The molecule has 0 saturated carbocycles. The zero-order valence-electron chi connectivity index (χ0n) is 17.3. The van der Waals surface area contributed by atoms with E-state index in [1.807, 2.05) is 49.3 Å². The molecule has 7 heteroatoms. The Bertz CT molecular complexity index is 969. The van der Waals surface area contributed by atoms with Crippen molar-refractivity contribution >= 4 is 17.4 Å². The van der Waals surface area contributed by atoms with Crippen molar-refractivity contribution in [2.45, 2.75) is 12.5 Å². The molecule has 1 fully saturated rings. The Labute approximate surface area is 175 Å². The first-order chi connectivity index (χ1) is 14.3. The lowest BCUT2D eigenvalue weighted by Crippen LogP contribution is -2.32. The normalized spacial score (nSPS) is 18.3. The van der Waals surface area contributed by atoms with Gasteiger partial charge in [0.1, 0.15) is 17.3 Å². The van der Waals surface area contributed by atoms with Gasteiger partial charge in [0.05, 0.1) is 24.3 Å². The van der Waals surface area contributed by atoms with Gasteiger partial charge in [-0.15, -0.1) is 0 Å². The van der Waals surface area contributed by atoms with Crippen LogP contribution in [0.3, 0.4) is 0 Å². The highest BCUT2D eigenvalue weighted by atomic mass is 16.5. The predicted molar refractivity (Wildman–Crippen MR) is 113 cm³/mol. The van der Waals surface area contributed by atoms with Crippen molar-refractivity contribution in [2.24, 2.45) is 0 Å². The lowest BCUT2D eigenvalue weighted by atomic mass is 9.95. The summed E-state index contributed by atoms with van der Waals surface area (Å²) in [6, 6.07) is 12.8. The predicted octanol–water partition coefficient (Wildman–Crippen LogP) is 2.77. The van der Waals surface area contributed by atoms with Crippen molar-refractivity contribution in [1.82, 2.24) is 9.80 Å². The number of hydrogen-bond acceptors (Lipinski definition) is 6. The number of ketones is 1. The van der Waals surface area contributed by atoms with Gasteiger partial charge in [0.2, 0.25) is 0 Å². The van der Waals surface area contributed by atoms with Crippen LogP contribution in [-0.2, 0) is 9.59 Å². The molecule has 1 atom stereocenters. The maximum Gasteiger partial charge on any atom is 0.295 e. The zero-order chi connectivity index (χ0) is 21.8. The second-order valence-electron chi connectivity index (χ2n) is 7.44. The summed E-state index contributed by atoms with van der Waals surface area (Å²) in [7, 11) is 5.34. The quantitative estimate of drug-likeness (QED) is 0.414. The molecule has 1 aliphatic heterocycles. The average Bonchev–Trinajstić information content (AvgIpc) is 2.98. The second-order valence-corrected chi connectivity index (χ2v) is 7.44. The number of nitrogens with zero attached hydrogens (tertiary/aromatic N) is 2. The summed E-state index contributed by atoms with van der Waals surface area (Å²) in [6.45, 7) is 1.12. The van der Waals surface area contributed by atoms with Crippen LogP contribution in [0.4, 0.5) is 0 Å². The van der Waals surface area contributed by atoms with Crippen molar-refractivity contribution in [1.29, 1.82) is 0 Å². The number of rotatable bonds is 7. The van der Waals surface area contributed by atoms with E-state index in [2.05, 4.69) is 0 Å². The highest BCUT2D eigenvalue weighted by molar-refractivity contribution is 6.46. The van der Waals surface area contributed by atoms with Gasteiger partial charge in [0.15, 0.2) is 0 Å². The fourth-order valence-electron chi connectivity index (χ4n) is 3.63. The van der Waals surface area contributed by atoms with E-state index in [9.17, 15) is 19.8 Å². The summed E-state index contributed by atoms with van der Waals surface area (Å²) >= 11 is 0. The Morgan fingerprint density at radius 1 is 1.13 bits per heavy atom. The van der Waals surface area contributed by atoms with E-state index in [1.165, 1.54) is 24.1 Å². The van der Waals surface area contributed by atoms with Gasteiger partial charge < -0.3 is 24.7 Å². The van der Waals surface area contributed by atoms with Crippen molar-refractivity contribution in [3.63, 3.8) is 0 Å². The van der Waals surface area contributed by atoms with E-state index < -0.39 is 23.5 Å². The van der Waals surface area contributed by atoms with E-state index in [0.717, 1.165) is 12.1 Å². The van der Waals surface area contributed by atoms with Gasteiger partial charge in [-0.2, -0.15) is 0 Å². The minimum absolute atomic E-state index is 0.0310. The average molecular weight is 410 g/mol. The number of benzene rings is 2. The Balaban J connectivity index is 2.09. The summed E-state index contributed by atoms with van der Waals surface area (Å²) < 4.78 is 5.07. The number of methoxy groups -OCH3 is 1. The molecule has 0 radical (unpaired) electrons. The molecule has 0 unspecified atom stereocenters. The Hall–Kier alpha value is -3.32. The molecule has 2 aromatic carbocycles. The molecule has 0 bridgehead atoms. The minimum Gasteiger partial charge on any atom is -0.507 e. The van der Waals surface area contributed by atoms with Gasteiger partial charge in [0, 0.05) is 12.6 Å². The molecule has 1 aliphatic rings. The smallest absolute Gasteiger partial charge is 0.295 e. The van der Waals surface area contributed by atoms with E-state index in [-0.39, 0.29) is 16.9 Å². The largest absolute Gasteiger partial charge is 0.507 e. The second kappa shape index (κ2) is 9.00. The summed E-state index contributed by atoms with van der Waals surface area (Å²) in [5.74, 6) is -1.65. The molecule has 7 nitrogen and oxygen atoms in total. The number of aliphatic hydroxyl groups is 1. The molecular formula is C23H26N2O5. The molecule has 1 saturated heterocycles. The lowest BCUT2D eigenvalue weighted by molar-refractivity contribution is -0.139. The van der Waals surface area contributed by atoms with Crippen LogP contribution in [0.5, 0.6) is 11.5 Å². The fraction of sp³-hybridized carbons (Fsp3) is 0.304. The van der Waals surface area contributed by atoms with Crippen LogP contribution in [0.15, 0.2) is 54.1 Å². The molecule has 3 rings (SSSR count). The number of likely N-dealkylation sites (tertiary alicyclic amines) is 1. The molecule has 1 heterocycles. The Kier molecular flexibility index (Phi) is 6.42. The van der Waals surface area contributed by atoms with Crippen LogP contribution < -0.4 is 4.74 Å². The van der Waals surface area contributed by atoms with Crippen molar-refractivity contribution in [2.75, 3.05) is 34.3 Å². The molecular weight excluding hydrogens is 384 g/mol. The first-order valence-electron chi connectivity index (χ1n) is 9.70. The third-order valence-electron chi connectivity index (χ3n) is 5.12. The standard InChI is InChI=1S/C23H26N2O5/c1-24(2)12-7-13-25-20(15-8-5-4-6-9-15)19(22(28)23(25)29)21(27)17-11-10-16(30-3)14-18(17)26/h4-6,8-11,14,20,26-27H,7,12-13H2,1-3H3/t20-/m1/s1. The number of hydrogen-bond donors (Lipinski definition) is 2. The van der Waals surface area contributed by atoms with Gasteiger partial charge in [-0.05, 0) is 44.8 Å². The number of amides is 1. The maximum atomic E-state index is 12.9. The first kappa shape index (κ1) is 21.4. The summed E-state index contributed by atoms with van der Waals surface area (Å²) in [5, 5.41) is 21.3. The number of Topliss-reactive ketones (excluding diaryl/α,β-unsaturated/α-hetero) is 1. The third kappa shape index (κ3) is 4.16. The first-order valence-corrected chi connectivity index (χ1v) is 9.70. The summed E-state index contributed by atoms with van der Waals surface area (Å²) in [5.41, 5.74) is 0.760. The van der Waals surface area contributed by atoms with E-state index in [4.69, 9.17) is 4.74 Å². The SMILES string of the molecule is COc1ccc(C(O)=C2C(=O)C(=O)N(CCCN(C)C)[C@@H]2c2ccccc2)c(O)c1. The van der Waals surface area contributed by atoms with E-state index >= 15 is 0 Å². The summed E-state index contributed by atoms with van der Waals surface area (Å²) in [4.78, 5) is 29.2. The molecule has 0 spiro atoms. The van der Waals surface area contributed by atoms with Gasteiger partial charge >= 0.3 is 0 Å². The molecule has 0 aromatic heterocycles. The van der Waals surface area contributed by atoms with Gasteiger partial charge in [0.25, 0.3) is 11.7 Å². The van der Waals surface area contributed by atoms with Crippen LogP contribution in [0.2, 0.25) is 0 Å². The summed E-state index contributed by atoms with van der Waals surface area (Å²) in [6.07, 6.45) is 0.678. The zero-order valence-corrected chi connectivity index (χ0v) is 17.3. The lowest BCUT2D eigenvalue weighted by Gasteiger charge is -2.26. The van der Waals surface area contributed by atoms with Crippen LogP contribution >= 0.6 is 0 Å². The maximum absolute atomic E-state index is 12.9. The Morgan fingerprint density at radius 3 is 2.43 bits per heavy atom. The minimum atomic E-state index is -0.763. The van der Waals surface area contributed by atoms with Crippen molar-refractivity contribution in [3.8, 4) is 11.5 Å². The molecule has 0 aliphatic carbocycles. The van der Waals surface area contributed by atoms with Crippen molar-refractivity contribution < 1.29 is 24.5 Å². The molecule has 1 amide bonds. The van der Waals surface area contributed by atoms with Crippen molar-refractivity contribution in [3.05, 3.63) is 65.2 Å². The Morgan fingerprint density at radius 2 is 1.83 bits per heavy atom. The number of carbonyl (C=O) groups is 2. The number of aliphatic hydroxyl groups excluding tert-OH is 1. The van der Waals surface area contributed by atoms with Crippen LogP contribution in [0, 0.1) is 0 Å². The van der Waals surface area contributed by atoms with Gasteiger partial charge in [-0.3, -0.25) is 9.59 Å². The molecule has 30 heavy (non-hydrogen) atoms. The fourth-order valence-corrected chi connectivity index (χ4v) is 3.63. The van der Waals surface area contributed by atoms with E-state index in [0.29, 0.717) is 18.7 Å². The number of aromatic hydroxyl groups is 1. The van der Waals surface area contributed by atoms with Gasteiger partial charge in [-0.25, -0.2) is 0 Å². The molecule has 2 aromatic rings. The van der Waals surface area contributed by atoms with Crippen LogP contribution in [-0.4, -0.2) is 66.0 Å². The number of phenols is 1. The third-order valence-corrected chi connectivity index (χ3v) is 5.12. The topological polar surface area (TPSA) is 90.3 Å². The highest BCUT2D eigenvalue weighted by Gasteiger charge is 2.45.